The number of aryl methyl sites for hydroxylation is 1. The molecule has 2 aliphatic rings. The van der Waals surface area contributed by atoms with E-state index in [4.69, 9.17) is 9.47 Å². The van der Waals surface area contributed by atoms with Crippen molar-refractivity contribution < 1.29 is 9.47 Å². The van der Waals surface area contributed by atoms with E-state index in [9.17, 15) is 4.79 Å². The number of benzene rings is 2. The Balaban J connectivity index is 1.23. The van der Waals surface area contributed by atoms with Crippen LogP contribution in [0, 0.1) is 13.8 Å². The molecule has 0 amide bonds. The Bertz CT molecular complexity index is 1160. The van der Waals surface area contributed by atoms with E-state index in [0.717, 1.165) is 31.1 Å². The van der Waals surface area contributed by atoms with E-state index >= 15 is 0 Å². The fraction of sp³-hybridized carbons (Fsp3) is 0.385. The molecule has 0 aliphatic carbocycles. The van der Waals surface area contributed by atoms with Gasteiger partial charge in [-0.3, -0.25) is 14.3 Å². The van der Waals surface area contributed by atoms with Crippen molar-refractivity contribution in [1.29, 1.82) is 0 Å². The van der Waals surface area contributed by atoms with Crippen molar-refractivity contribution in [2.75, 3.05) is 19.7 Å². The zero-order valence-electron chi connectivity index (χ0n) is 18.7. The van der Waals surface area contributed by atoms with Gasteiger partial charge in [0.1, 0.15) is 12.4 Å². The molecule has 3 aromatic rings. The van der Waals surface area contributed by atoms with Gasteiger partial charge in [-0.05, 0) is 74.2 Å². The number of rotatable bonds is 6. The number of ether oxygens (including phenoxy) is 2. The summed E-state index contributed by atoms with van der Waals surface area (Å²) in [5, 5.41) is 0. The predicted octanol–water partition coefficient (Wildman–Crippen LogP) is 3.96. The van der Waals surface area contributed by atoms with Crippen LogP contribution in [0.1, 0.15) is 29.7 Å². The maximum absolute atomic E-state index is 12.0. The summed E-state index contributed by atoms with van der Waals surface area (Å²) in [5.74, 6) is 0.804. The Kier molecular flexibility index (Phi) is 5.70. The van der Waals surface area contributed by atoms with Gasteiger partial charge in [0.15, 0.2) is 6.10 Å². The lowest BCUT2D eigenvalue weighted by molar-refractivity contribution is 0.143. The molecule has 5 rings (SSSR count). The molecule has 1 saturated heterocycles. The van der Waals surface area contributed by atoms with Gasteiger partial charge in [0.05, 0.1) is 6.54 Å². The van der Waals surface area contributed by atoms with Crippen LogP contribution in [0.2, 0.25) is 0 Å². The molecule has 0 radical (unpaired) electrons. The van der Waals surface area contributed by atoms with Crippen LogP contribution in [0.3, 0.4) is 0 Å². The highest BCUT2D eigenvalue weighted by atomic mass is 16.6. The zero-order chi connectivity index (χ0) is 22.1. The van der Waals surface area contributed by atoms with Crippen LogP contribution in [0.4, 0.5) is 0 Å². The summed E-state index contributed by atoms with van der Waals surface area (Å²) in [5.41, 5.74) is 5.74. The third kappa shape index (κ3) is 4.28. The van der Waals surface area contributed by atoms with Crippen LogP contribution in [-0.2, 0) is 13.1 Å². The minimum Gasteiger partial charge on any atom is -0.490 e. The minimum absolute atomic E-state index is 0.166. The summed E-state index contributed by atoms with van der Waals surface area (Å²) in [7, 11) is 0. The van der Waals surface area contributed by atoms with Gasteiger partial charge >= 0.3 is 6.01 Å². The SMILES string of the molecule is Cc1cccc(-c2ccc(OCC3Cn4c(CN5CCCC5)cc(=O)nc4O3)cc2)c1C. The quantitative estimate of drug-likeness (QED) is 0.591. The van der Waals surface area contributed by atoms with Crippen LogP contribution in [0.5, 0.6) is 11.8 Å². The highest BCUT2D eigenvalue weighted by molar-refractivity contribution is 5.68. The van der Waals surface area contributed by atoms with E-state index in [1.165, 1.54) is 35.1 Å². The van der Waals surface area contributed by atoms with Crippen molar-refractivity contribution >= 4 is 0 Å². The zero-order valence-corrected chi connectivity index (χ0v) is 18.7. The third-order valence-electron chi connectivity index (χ3n) is 6.52. The molecule has 1 atom stereocenters. The summed E-state index contributed by atoms with van der Waals surface area (Å²) >= 11 is 0. The first-order valence-electron chi connectivity index (χ1n) is 11.4. The Hall–Kier alpha value is -3.12. The molecule has 0 bridgehead atoms. The van der Waals surface area contributed by atoms with Crippen molar-refractivity contribution in [3.63, 3.8) is 0 Å². The van der Waals surface area contributed by atoms with E-state index in [-0.39, 0.29) is 11.7 Å². The number of hydrogen-bond acceptors (Lipinski definition) is 5. The topological polar surface area (TPSA) is 56.6 Å². The van der Waals surface area contributed by atoms with E-state index < -0.39 is 0 Å². The molecule has 2 aliphatic heterocycles. The lowest BCUT2D eigenvalue weighted by atomic mass is 9.97. The third-order valence-corrected chi connectivity index (χ3v) is 6.52. The average molecular weight is 432 g/mol. The first kappa shape index (κ1) is 20.8. The van der Waals surface area contributed by atoms with Crippen LogP contribution in [0.15, 0.2) is 53.3 Å². The Morgan fingerprint density at radius 1 is 1.09 bits per heavy atom. The second kappa shape index (κ2) is 8.79. The maximum atomic E-state index is 12.0. The molecule has 6 heteroatoms. The first-order chi connectivity index (χ1) is 15.6. The molecule has 3 heterocycles. The summed E-state index contributed by atoms with van der Waals surface area (Å²) in [6.07, 6.45) is 2.27. The summed E-state index contributed by atoms with van der Waals surface area (Å²) < 4.78 is 14.0. The monoisotopic (exact) mass is 431 g/mol. The molecule has 1 aromatic heterocycles. The number of nitrogens with zero attached hydrogens (tertiary/aromatic N) is 3. The highest BCUT2D eigenvalue weighted by Crippen LogP contribution is 2.28. The summed E-state index contributed by atoms with van der Waals surface area (Å²) in [4.78, 5) is 18.5. The molecular weight excluding hydrogens is 402 g/mol. The van der Waals surface area contributed by atoms with Gasteiger partial charge in [0.2, 0.25) is 0 Å². The fourth-order valence-corrected chi connectivity index (χ4v) is 4.58. The van der Waals surface area contributed by atoms with E-state index in [2.05, 4.69) is 54.1 Å². The maximum Gasteiger partial charge on any atom is 0.300 e. The molecule has 2 aromatic carbocycles. The van der Waals surface area contributed by atoms with Crippen molar-refractivity contribution in [2.45, 2.75) is 45.9 Å². The van der Waals surface area contributed by atoms with E-state index in [1.54, 1.807) is 6.07 Å². The van der Waals surface area contributed by atoms with Crippen LogP contribution in [0.25, 0.3) is 11.1 Å². The lowest BCUT2D eigenvalue weighted by Crippen LogP contribution is -2.25. The number of fused-ring (bicyclic) bond motifs is 1. The van der Waals surface area contributed by atoms with Crippen LogP contribution in [-0.4, -0.2) is 40.3 Å². The molecule has 32 heavy (non-hydrogen) atoms. The Morgan fingerprint density at radius 2 is 1.88 bits per heavy atom. The molecule has 0 saturated carbocycles. The van der Waals surface area contributed by atoms with Gasteiger partial charge in [0, 0.05) is 18.3 Å². The van der Waals surface area contributed by atoms with Crippen molar-refractivity contribution in [1.82, 2.24) is 14.5 Å². The molecule has 0 N–H and O–H groups in total. The predicted molar refractivity (Wildman–Crippen MR) is 124 cm³/mol. The van der Waals surface area contributed by atoms with Crippen LogP contribution < -0.4 is 15.0 Å². The molecule has 166 valence electrons. The van der Waals surface area contributed by atoms with Crippen molar-refractivity contribution in [3.8, 4) is 22.9 Å². The van der Waals surface area contributed by atoms with Gasteiger partial charge in [-0.2, -0.15) is 4.98 Å². The van der Waals surface area contributed by atoms with E-state index in [1.807, 2.05) is 16.7 Å². The van der Waals surface area contributed by atoms with Gasteiger partial charge in [-0.1, -0.05) is 30.3 Å². The standard InChI is InChI=1S/C26H29N3O3/c1-18-6-5-7-24(19(18)2)20-8-10-22(11-9-20)31-17-23-16-29-21(15-28-12-3-4-13-28)14-25(30)27-26(29)32-23/h5-11,14,23H,3-4,12-13,15-17H2,1-2H3. The number of likely N-dealkylation sites (tertiary alicyclic amines) is 1. The largest absolute Gasteiger partial charge is 0.490 e. The smallest absolute Gasteiger partial charge is 0.300 e. The summed E-state index contributed by atoms with van der Waals surface area (Å²) in [6.45, 7) is 8.27. The van der Waals surface area contributed by atoms with Gasteiger partial charge in [0.25, 0.3) is 5.56 Å². The number of aromatic nitrogens is 2. The minimum atomic E-state index is -0.242. The van der Waals surface area contributed by atoms with Crippen molar-refractivity contribution in [2.24, 2.45) is 0 Å². The summed E-state index contributed by atoms with van der Waals surface area (Å²) in [6, 6.07) is 16.6. The normalized spacial score (nSPS) is 17.9. The molecule has 0 spiro atoms. The Morgan fingerprint density at radius 3 is 2.66 bits per heavy atom. The molecule has 1 fully saturated rings. The molecular formula is C26H29N3O3. The first-order valence-corrected chi connectivity index (χ1v) is 11.4. The van der Waals surface area contributed by atoms with Crippen LogP contribution >= 0.6 is 0 Å². The van der Waals surface area contributed by atoms with E-state index in [0.29, 0.717) is 19.2 Å². The highest BCUT2D eigenvalue weighted by Gasteiger charge is 2.27. The van der Waals surface area contributed by atoms with Gasteiger partial charge in [-0.15, -0.1) is 0 Å². The lowest BCUT2D eigenvalue weighted by Gasteiger charge is -2.17. The van der Waals surface area contributed by atoms with Gasteiger partial charge < -0.3 is 9.47 Å². The van der Waals surface area contributed by atoms with Crippen molar-refractivity contribution in [3.05, 3.63) is 75.7 Å². The molecule has 6 nitrogen and oxygen atoms in total. The van der Waals surface area contributed by atoms with Gasteiger partial charge in [-0.25, -0.2) is 0 Å². The Labute approximate surface area is 188 Å². The second-order valence-corrected chi connectivity index (χ2v) is 8.78. The average Bonchev–Trinajstić information content (AvgIpc) is 3.44. The fourth-order valence-electron chi connectivity index (χ4n) is 4.58. The number of hydrogen-bond donors (Lipinski definition) is 0. The molecule has 1 unspecified atom stereocenters. The second-order valence-electron chi connectivity index (χ2n) is 8.78.